The van der Waals surface area contributed by atoms with E-state index in [4.69, 9.17) is 14.5 Å². The number of hydrogen-bond acceptors (Lipinski definition) is 9. The molecule has 3 aliphatic rings. The quantitative estimate of drug-likeness (QED) is 0.0968. The SMILES string of the molecule is COC(=O)N[C@@H](C(C)C)C(C)N1CC2(CC2)C[C@H]1c1nc(-c2ccc3cc(-c4ccc(-c5cnc([C@@H]6SCCN6C(=O)[C@@H](NC(=O)OC)C(C)C)[nH]5)cc4)ccc3c2)c[nH]1. The molecule has 3 amide bonds. The number of H-pyrrole nitrogens is 2. The number of hydrogen-bond donors (Lipinski definition) is 4. The number of benzene rings is 3. The van der Waals surface area contributed by atoms with Crippen LogP contribution in [0.5, 0.6) is 0 Å². The van der Waals surface area contributed by atoms with Crippen molar-refractivity contribution in [2.75, 3.05) is 33.1 Å². The molecule has 5 aromatic rings. The number of aromatic amines is 2. The van der Waals surface area contributed by atoms with Gasteiger partial charge in [0.15, 0.2) is 0 Å². The van der Waals surface area contributed by atoms with Crippen LogP contribution in [0.25, 0.3) is 44.4 Å². The molecule has 13 nitrogen and oxygen atoms in total. The molecule has 2 aliphatic heterocycles. The van der Waals surface area contributed by atoms with E-state index in [0.717, 1.165) is 69.0 Å². The number of rotatable bonds is 12. The molecule has 14 heteroatoms. The first-order valence-corrected chi connectivity index (χ1v) is 22.0. The molecule has 1 saturated carbocycles. The molecule has 3 fully saturated rings. The lowest BCUT2D eigenvalue weighted by Gasteiger charge is -2.37. The Bertz CT molecular complexity index is 2350. The number of nitrogens with one attached hydrogen (secondary N) is 4. The van der Waals surface area contributed by atoms with E-state index in [9.17, 15) is 14.4 Å². The number of methoxy groups -OCH3 is 2. The van der Waals surface area contributed by atoms with E-state index in [1.165, 1.54) is 27.1 Å². The zero-order chi connectivity index (χ0) is 42.3. The highest BCUT2D eigenvalue weighted by molar-refractivity contribution is 7.99. The first kappa shape index (κ1) is 41.4. The normalized spacial score (nSPS) is 20.1. The van der Waals surface area contributed by atoms with Crippen LogP contribution in [0.4, 0.5) is 9.59 Å². The molecule has 1 spiro atoms. The Labute approximate surface area is 355 Å². The summed E-state index contributed by atoms with van der Waals surface area (Å²) in [6, 6.07) is 21.0. The molecular weight excluding hydrogens is 777 g/mol. The summed E-state index contributed by atoms with van der Waals surface area (Å²) in [5.41, 5.74) is 6.42. The second-order valence-electron chi connectivity index (χ2n) is 17.4. The van der Waals surface area contributed by atoms with Crippen molar-refractivity contribution < 1.29 is 23.9 Å². The molecular formula is C46H56N8O5S. The molecule has 1 aliphatic carbocycles. The van der Waals surface area contributed by atoms with Crippen LogP contribution in [0.3, 0.4) is 0 Å². The fraction of sp³-hybridized carbons (Fsp3) is 0.457. The first-order valence-electron chi connectivity index (χ1n) is 21.0. The molecule has 0 bridgehead atoms. The van der Waals surface area contributed by atoms with E-state index in [1.54, 1.807) is 16.7 Å². The fourth-order valence-corrected chi connectivity index (χ4v) is 10.2. The van der Waals surface area contributed by atoms with Gasteiger partial charge >= 0.3 is 12.2 Å². The van der Waals surface area contributed by atoms with Gasteiger partial charge in [0.1, 0.15) is 23.1 Å². The minimum absolute atomic E-state index is 0.0491. The number of aromatic nitrogens is 4. The average Bonchev–Trinajstić information content (AvgIpc) is 3.79. The maximum absolute atomic E-state index is 13.6. The fourth-order valence-electron chi connectivity index (χ4n) is 9.05. The number of imidazole rings is 2. The summed E-state index contributed by atoms with van der Waals surface area (Å²) in [7, 11) is 2.71. The molecule has 8 rings (SSSR count). The van der Waals surface area contributed by atoms with Gasteiger partial charge in [-0.3, -0.25) is 9.69 Å². The molecule has 3 aromatic carbocycles. The van der Waals surface area contributed by atoms with Gasteiger partial charge in [-0.1, -0.05) is 76.2 Å². The lowest BCUT2D eigenvalue weighted by atomic mass is 9.96. The first-order chi connectivity index (χ1) is 28.9. The van der Waals surface area contributed by atoms with Crippen molar-refractivity contribution in [3.63, 3.8) is 0 Å². The van der Waals surface area contributed by atoms with Gasteiger partial charge in [-0.25, -0.2) is 19.6 Å². The Hall–Kier alpha value is -5.34. The van der Waals surface area contributed by atoms with E-state index in [1.807, 2.05) is 26.2 Å². The third-order valence-corrected chi connectivity index (χ3v) is 13.9. The Morgan fingerprint density at radius 1 is 0.833 bits per heavy atom. The highest BCUT2D eigenvalue weighted by atomic mass is 32.2. The second-order valence-corrected chi connectivity index (χ2v) is 18.5. The minimum Gasteiger partial charge on any atom is -0.453 e. The van der Waals surface area contributed by atoms with Gasteiger partial charge in [0.05, 0.1) is 37.8 Å². The van der Waals surface area contributed by atoms with Gasteiger partial charge in [0.25, 0.3) is 0 Å². The van der Waals surface area contributed by atoms with Gasteiger partial charge in [0.2, 0.25) is 5.91 Å². The summed E-state index contributed by atoms with van der Waals surface area (Å²) < 4.78 is 9.74. The Morgan fingerprint density at radius 2 is 1.48 bits per heavy atom. The van der Waals surface area contributed by atoms with E-state index in [-0.39, 0.29) is 41.2 Å². The third kappa shape index (κ3) is 8.36. The Balaban J connectivity index is 0.950. The molecule has 2 saturated heterocycles. The topological polar surface area (TPSA) is 158 Å². The number of carbonyl (C=O) groups excluding carboxylic acids is 3. The van der Waals surface area contributed by atoms with Crippen molar-refractivity contribution in [3.8, 4) is 33.6 Å². The number of carbonyl (C=O) groups is 3. The van der Waals surface area contributed by atoms with Crippen molar-refractivity contribution in [1.29, 1.82) is 0 Å². The van der Waals surface area contributed by atoms with Crippen LogP contribution in [-0.2, 0) is 14.3 Å². The molecule has 1 unspecified atom stereocenters. The minimum atomic E-state index is -0.691. The Kier molecular flexibility index (Phi) is 11.7. The molecule has 316 valence electrons. The van der Waals surface area contributed by atoms with Crippen molar-refractivity contribution in [3.05, 3.63) is 84.7 Å². The van der Waals surface area contributed by atoms with Crippen LogP contribution >= 0.6 is 11.8 Å². The second kappa shape index (κ2) is 17.0. The van der Waals surface area contributed by atoms with Crippen molar-refractivity contribution >= 4 is 40.6 Å². The number of thioether (sulfide) groups is 1. The molecule has 5 atom stereocenters. The van der Waals surface area contributed by atoms with Gasteiger partial charge < -0.3 is 35.0 Å². The number of nitrogens with zero attached hydrogens (tertiary/aromatic N) is 4. The zero-order valence-electron chi connectivity index (χ0n) is 35.5. The molecule has 2 aromatic heterocycles. The summed E-state index contributed by atoms with van der Waals surface area (Å²) in [6.45, 7) is 11.9. The Morgan fingerprint density at radius 3 is 2.15 bits per heavy atom. The van der Waals surface area contributed by atoms with Gasteiger partial charge in [-0.2, -0.15) is 0 Å². The molecule has 60 heavy (non-hydrogen) atoms. The highest BCUT2D eigenvalue weighted by Gasteiger charge is 2.54. The average molecular weight is 833 g/mol. The number of ether oxygens (including phenoxy) is 2. The maximum Gasteiger partial charge on any atom is 0.407 e. The lowest BCUT2D eigenvalue weighted by molar-refractivity contribution is -0.134. The summed E-state index contributed by atoms with van der Waals surface area (Å²) in [5, 5.41) is 7.81. The molecule has 4 heterocycles. The summed E-state index contributed by atoms with van der Waals surface area (Å²) >= 11 is 1.65. The predicted molar refractivity (Wildman–Crippen MR) is 235 cm³/mol. The maximum atomic E-state index is 13.6. The standard InChI is InChI=1S/C46H56N8O5S/c1-26(2)38(51-44(56)58-6)28(5)54-25-46(16-17-46)22-37(54)40-47-24-36(49-40)34-15-14-32-20-31(12-13-33(32)21-34)29-8-10-30(11-9-29)35-23-48-41(50-35)43-53(18-19-60-43)42(55)39(27(3)4)52-45(57)59-7/h8-15,20-21,23-24,26-28,37-39,43H,16-19,22,25H2,1-7H3,(H,47,49)(H,48,50)(H,51,56)(H,52,57)/t28?,37-,38-,39-,43-/m0/s1. The lowest BCUT2D eigenvalue weighted by Crippen LogP contribution is -2.53. The van der Waals surface area contributed by atoms with E-state index < -0.39 is 18.2 Å². The number of alkyl carbamates (subject to hydrolysis) is 2. The summed E-state index contributed by atoms with van der Waals surface area (Å²) in [4.78, 5) is 59.0. The van der Waals surface area contributed by atoms with Crippen LogP contribution in [0.1, 0.15) is 76.9 Å². The van der Waals surface area contributed by atoms with Crippen LogP contribution in [-0.4, -0.2) is 99.0 Å². The van der Waals surface area contributed by atoms with Crippen molar-refractivity contribution in [2.45, 2.75) is 83.4 Å². The van der Waals surface area contributed by atoms with E-state index in [2.05, 4.69) is 112 Å². The molecule has 4 N–H and O–H groups in total. The smallest absolute Gasteiger partial charge is 0.407 e. The van der Waals surface area contributed by atoms with Crippen LogP contribution in [0.2, 0.25) is 0 Å². The van der Waals surface area contributed by atoms with Crippen LogP contribution < -0.4 is 10.6 Å². The van der Waals surface area contributed by atoms with E-state index in [0.29, 0.717) is 17.8 Å². The zero-order valence-corrected chi connectivity index (χ0v) is 36.3. The van der Waals surface area contributed by atoms with Crippen LogP contribution in [0, 0.1) is 17.3 Å². The highest BCUT2D eigenvalue weighted by Crippen LogP contribution is 2.59. The van der Waals surface area contributed by atoms with E-state index >= 15 is 0 Å². The van der Waals surface area contributed by atoms with Gasteiger partial charge in [0, 0.05) is 42.7 Å². The van der Waals surface area contributed by atoms with Crippen molar-refractivity contribution in [1.82, 2.24) is 40.4 Å². The van der Waals surface area contributed by atoms with Gasteiger partial charge in [-0.05, 0) is 83.0 Å². The van der Waals surface area contributed by atoms with Crippen LogP contribution in [0.15, 0.2) is 73.1 Å². The molecule has 0 radical (unpaired) electrons. The summed E-state index contributed by atoms with van der Waals surface area (Å²) in [6.07, 6.45) is 6.37. The largest absolute Gasteiger partial charge is 0.453 e. The van der Waals surface area contributed by atoms with Gasteiger partial charge in [-0.15, -0.1) is 11.8 Å². The number of likely N-dealkylation sites (tertiary alicyclic amines) is 1. The predicted octanol–water partition coefficient (Wildman–Crippen LogP) is 8.54. The van der Waals surface area contributed by atoms with Crippen molar-refractivity contribution in [2.24, 2.45) is 17.3 Å². The monoisotopic (exact) mass is 832 g/mol. The number of fused-ring (bicyclic) bond motifs is 1. The number of amides is 3. The third-order valence-electron chi connectivity index (χ3n) is 12.7. The summed E-state index contributed by atoms with van der Waals surface area (Å²) in [5.74, 6) is 2.45.